The van der Waals surface area contributed by atoms with Crippen LogP contribution < -0.4 is 10.2 Å². The highest BCUT2D eigenvalue weighted by atomic mass is 16.6. The molecule has 0 spiro atoms. The lowest BCUT2D eigenvalue weighted by molar-refractivity contribution is -0.385. The predicted molar refractivity (Wildman–Crippen MR) is 83.9 cm³/mol. The van der Waals surface area contributed by atoms with Crippen molar-refractivity contribution in [3.63, 3.8) is 0 Å². The first-order valence-corrected chi connectivity index (χ1v) is 7.26. The summed E-state index contributed by atoms with van der Waals surface area (Å²) in [6.45, 7) is 2.73. The van der Waals surface area contributed by atoms with Gasteiger partial charge >= 0.3 is 0 Å². The van der Waals surface area contributed by atoms with Gasteiger partial charge < -0.3 is 10.2 Å². The fourth-order valence-electron chi connectivity index (χ4n) is 2.48. The second kappa shape index (κ2) is 6.38. The lowest BCUT2D eigenvalue weighted by atomic mass is 10.2. The number of nitro groups is 1. The normalized spacial score (nSPS) is 14.1. The third kappa shape index (κ3) is 3.30. The molecule has 0 amide bonds. The van der Waals surface area contributed by atoms with Crippen molar-refractivity contribution in [3.8, 4) is 0 Å². The molecule has 1 N–H and O–H groups in total. The molecule has 3 rings (SSSR count). The van der Waals surface area contributed by atoms with Gasteiger partial charge in [-0.1, -0.05) is 0 Å². The Balaban J connectivity index is 1.63. The highest BCUT2D eigenvalue weighted by Crippen LogP contribution is 2.19. The van der Waals surface area contributed by atoms with Crippen LogP contribution in [0.25, 0.3) is 0 Å². The summed E-state index contributed by atoms with van der Waals surface area (Å²) in [5.74, 6) is 1.62. The van der Waals surface area contributed by atoms with Crippen LogP contribution in [-0.4, -0.2) is 28.0 Å². The number of anilines is 2. The van der Waals surface area contributed by atoms with E-state index in [9.17, 15) is 10.1 Å². The SMILES string of the molecule is O=[N+]([O-])c1ccc(NCc2ccnc(N3CCCC3)c2)nc1. The zero-order chi connectivity index (χ0) is 15.4. The van der Waals surface area contributed by atoms with Crippen molar-refractivity contribution in [3.05, 3.63) is 52.3 Å². The van der Waals surface area contributed by atoms with Gasteiger partial charge in [-0.15, -0.1) is 0 Å². The molecular weight excluding hydrogens is 282 g/mol. The minimum absolute atomic E-state index is 0.00854. The van der Waals surface area contributed by atoms with Crippen LogP contribution in [0, 0.1) is 10.1 Å². The van der Waals surface area contributed by atoms with Crippen LogP contribution in [0.1, 0.15) is 18.4 Å². The van der Waals surface area contributed by atoms with E-state index in [0.29, 0.717) is 12.4 Å². The molecule has 1 saturated heterocycles. The smallest absolute Gasteiger partial charge is 0.287 e. The molecule has 1 aliphatic heterocycles. The molecule has 7 nitrogen and oxygen atoms in total. The standard InChI is InChI=1S/C15H17N5O2/c21-20(22)13-3-4-14(18-11-13)17-10-12-5-6-16-15(9-12)19-7-1-2-8-19/h3-6,9,11H,1-2,7-8,10H2,(H,17,18). The molecule has 1 aliphatic rings. The molecule has 0 radical (unpaired) electrons. The van der Waals surface area contributed by atoms with Gasteiger partial charge in [0.05, 0.1) is 4.92 Å². The van der Waals surface area contributed by atoms with E-state index >= 15 is 0 Å². The monoisotopic (exact) mass is 299 g/mol. The first-order chi connectivity index (χ1) is 10.7. The molecule has 2 aromatic heterocycles. The van der Waals surface area contributed by atoms with Gasteiger partial charge in [-0.05, 0) is 36.6 Å². The molecule has 0 saturated carbocycles. The van der Waals surface area contributed by atoms with Gasteiger partial charge in [-0.2, -0.15) is 0 Å². The molecule has 3 heterocycles. The molecule has 0 bridgehead atoms. The molecule has 114 valence electrons. The van der Waals surface area contributed by atoms with Gasteiger partial charge in [0.2, 0.25) is 0 Å². The first kappa shape index (κ1) is 14.2. The number of pyridine rings is 2. The van der Waals surface area contributed by atoms with Gasteiger partial charge in [-0.3, -0.25) is 10.1 Å². The van der Waals surface area contributed by atoms with Crippen molar-refractivity contribution in [1.29, 1.82) is 0 Å². The van der Waals surface area contributed by atoms with Crippen LogP contribution >= 0.6 is 0 Å². The number of rotatable bonds is 5. The summed E-state index contributed by atoms with van der Waals surface area (Å²) in [4.78, 5) is 20.9. The van der Waals surface area contributed by atoms with Gasteiger partial charge in [0, 0.05) is 31.9 Å². The van der Waals surface area contributed by atoms with Crippen molar-refractivity contribution in [1.82, 2.24) is 9.97 Å². The number of nitrogens with zero attached hydrogens (tertiary/aromatic N) is 4. The van der Waals surface area contributed by atoms with Crippen molar-refractivity contribution >= 4 is 17.3 Å². The van der Waals surface area contributed by atoms with Crippen LogP contribution in [0.2, 0.25) is 0 Å². The first-order valence-electron chi connectivity index (χ1n) is 7.26. The van der Waals surface area contributed by atoms with E-state index in [1.165, 1.54) is 25.1 Å². The lowest BCUT2D eigenvalue weighted by Gasteiger charge is -2.17. The van der Waals surface area contributed by atoms with E-state index in [2.05, 4.69) is 26.3 Å². The third-order valence-electron chi connectivity index (χ3n) is 3.67. The van der Waals surface area contributed by atoms with Crippen molar-refractivity contribution in [2.45, 2.75) is 19.4 Å². The fraction of sp³-hybridized carbons (Fsp3) is 0.333. The van der Waals surface area contributed by atoms with Gasteiger partial charge in [0.15, 0.2) is 0 Å². The molecule has 22 heavy (non-hydrogen) atoms. The Hall–Kier alpha value is -2.70. The van der Waals surface area contributed by atoms with Gasteiger partial charge in [0.25, 0.3) is 5.69 Å². The van der Waals surface area contributed by atoms with Crippen LogP contribution in [-0.2, 0) is 6.54 Å². The van der Waals surface area contributed by atoms with E-state index < -0.39 is 4.92 Å². The topological polar surface area (TPSA) is 84.2 Å². The summed E-state index contributed by atoms with van der Waals surface area (Å²) < 4.78 is 0. The highest BCUT2D eigenvalue weighted by molar-refractivity contribution is 5.44. The zero-order valence-corrected chi connectivity index (χ0v) is 12.1. The summed E-state index contributed by atoms with van der Waals surface area (Å²) in [6, 6.07) is 7.08. The summed E-state index contributed by atoms with van der Waals surface area (Å²) in [6.07, 6.45) is 5.51. The Labute approximate surface area is 128 Å². The zero-order valence-electron chi connectivity index (χ0n) is 12.1. The second-order valence-electron chi connectivity index (χ2n) is 5.23. The number of nitrogens with one attached hydrogen (secondary N) is 1. The summed E-state index contributed by atoms with van der Waals surface area (Å²) in [5.41, 5.74) is 1.10. The van der Waals surface area contributed by atoms with E-state index in [-0.39, 0.29) is 5.69 Å². The fourth-order valence-corrected chi connectivity index (χ4v) is 2.48. The molecule has 0 atom stereocenters. The van der Waals surface area contributed by atoms with E-state index in [1.807, 2.05) is 12.3 Å². The van der Waals surface area contributed by atoms with Crippen molar-refractivity contribution in [2.24, 2.45) is 0 Å². The van der Waals surface area contributed by atoms with Crippen LogP contribution in [0.5, 0.6) is 0 Å². The Morgan fingerprint density at radius 1 is 1.23 bits per heavy atom. The number of hydrogen-bond acceptors (Lipinski definition) is 6. The minimum Gasteiger partial charge on any atom is -0.366 e. The molecule has 2 aromatic rings. The predicted octanol–water partition coefficient (Wildman–Crippen LogP) is 2.60. The maximum Gasteiger partial charge on any atom is 0.287 e. The maximum absolute atomic E-state index is 10.6. The summed E-state index contributed by atoms with van der Waals surface area (Å²) in [5, 5.41) is 13.8. The Bertz CT molecular complexity index is 653. The van der Waals surface area contributed by atoms with E-state index in [4.69, 9.17) is 0 Å². The average molecular weight is 299 g/mol. The van der Waals surface area contributed by atoms with Crippen molar-refractivity contribution < 1.29 is 4.92 Å². The number of aromatic nitrogens is 2. The Morgan fingerprint density at radius 2 is 2.05 bits per heavy atom. The molecule has 0 aliphatic carbocycles. The van der Waals surface area contributed by atoms with Crippen LogP contribution in [0.4, 0.5) is 17.3 Å². The van der Waals surface area contributed by atoms with Crippen LogP contribution in [0.3, 0.4) is 0 Å². The van der Waals surface area contributed by atoms with E-state index in [1.54, 1.807) is 6.07 Å². The Kier molecular flexibility index (Phi) is 4.13. The molecule has 7 heteroatoms. The minimum atomic E-state index is -0.456. The summed E-state index contributed by atoms with van der Waals surface area (Å²) in [7, 11) is 0. The van der Waals surface area contributed by atoms with Gasteiger partial charge in [-0.25, -0.2) is 9.97 Å². The van der Waals surface area contributed by atoms with Crippen molar-refractivity contribution in [2.75, 3.05) is 23.3 Å². The second-order valence-corrected chi connectivity index (χ2v) is 5.23. The average Bonchev–Trinajstić information content (AvgIpc) is 3.08. The molecule has 0 unspecified atom stereocenters. The third-order valence-corrected chi connectivity index (χ3v) is 3.67. The summed E-state index contributed by atoms with van der Waals surface area (Å²) >= 11 is 0. The maximum atomic E-state index is 10.6. The number of hydrogen-bond donors (Lipinski definition) is 1. The van der Waals surface area contributed by atoms with E-state index in [0.717, 1.165) is 24.5 Å². The Morgan fingerprint density at radius 3 is 2.73 bits per heavy atom. The highest BCUT2D eigenvalue weighted by Gasteiger charge is 2.13. The molecular formula is C15H17N5O2. The molecule has 1 fully saturated rings. The van der Waals surface area contributed by atoms with Crippen LogP contribution in [0.15, 0.2) is 36.7 Å². The largest absolute Gasteiger partial charge is 0.366 e. The van der Waals surface area contributed by atoms with Gasteiger partial charge in [0.1, 0.15) is 17.8 Å². The molecule has 0 aromatic carbocycles. The lowest BCUT2D eigenvalue weighted by Crippen LogP contribution is -2.19. The quantitative estimate of drug-likeness (QED) is 0.675.